The van der Waals surface area contributed by atoms with E-state index in [1.165, 1.54) is 5.56 Å². The highest BCUT2D eigenvalue weighted by atomic mass is 32.2. The van der Waals surface area contributed by atoms with E-state index in [0.29, 0.717) is 17.9 Å². The number of esters is 1. The van der Waals surface area contributed by atoms with E-state index in [0.717, 1.165) is 5.75 Å². The molecule has 0 aliphatic rings. The third-order valence-corrected chi connectivity index (χ3v) is 4.59. The highest BCUT2D eigenvalue weighted by Crippen LogP contribution is 2.19. The molecule has 1 unspecified atom stereocenters. The average Bonchev–Trinajstić information content (AvgIpc) is 2.61. The fourth-order valence-corrected chi connectivity index (χ4v) is 2.86. The van der Waals surface area contributed by atoms with Gasteiger partial charge in [-0.3, -0.25) is 4.79 Å². The van der Waals surface area contributed by atoms with Crippen LogP contribution in [0.4, 0.5) is 5.69 Å². The van der Waals surface area contributed by atoms with Crippen LogP contribution in [0.1, 0.15) is 29.8 Å². The molecular weight excluding hydrogens is 322 g/mol. The summed E-state index contributed by atoms with van der Waals surface area (Å²) in [5.41, 5.74) is 2.34. The largest absolute Gasteiger partial charge is 0.462 e. The van der Waals surface area contributed by atoms with Gasteiger partial charge < -0.3 is 10.1 Å². The van der Waals surface area contributed by atoms with Crippen molar-refractivity contribution in [2.45, 2.75) is 24.9 Å². The van der Waals surface area contributed by atoms with Gasteiger partial charge in [0.15, 0.2) is 0 Å². The topological polar surface area (TPSA) is 55.4 Å². The Balaban J connectivity index is 1.85. The van der Waals surface area contributed by atoms with Crippen molar-refractivity contribution in [1.82, 2.24) is 0 Å². The molecule has 0 saturated carbocycles. The first-order chi connectivity index (χ1) is 11.6. The Hall–Kier alpha value is -2.27. The number of thioether (sulfide) groups is 1. The van der Waals surface area contributed by atoms with Crippen molar-refractivity contribution < 1.29 is 14.3 Å². The molecule has 4 nitrogen and oxygen atoms in total. The molecular formula is C19H21NO3S. The van der Waals surface area contributed by atoms with E-state index in [1.807, 2.05) is 37.3 Å². The van der Waals surface area contributed by atoms with Crippen LogP contribution in [0.25, 0.3) is 0 Å². The van der Waals surface area contributed by atoms with Crippen molar-refractivity contribution in [3.63, 3.8) is 0 Å². The number of hydrogen-bond acceptors (Lipinski definition) is 4. The quantitative estimate of drug-likeness (QED) is 0.768. The van der Waals surface area contributed by atoms with Crippen molar-refractivity contribution in [3.05, 3.63) is 65.7 Å². The van der Waals surface area contributed by atoms with Gasteiger partial charge >= 0.3 is 5.97 Å². The van der Waals surface area contributed by atoms with Crippen molar-refractivity contribution in [2.75, 3.05) is 11.9 Å². The number of rotatable bonds is 7. The Morgan fingerprint density at radius 2 is 1.75 bits per heavy atom. The molecule has 2 aromatic rings. The predicted molar refractivity (Wildman–Crippen MR) is 98.2 cm³/mol. The summed E-state index contributed by atoms with van der Waals surface area (Å²) in [7, 11) is 0. The summed E-state index contributed by atoms with van der Waals surface area (Å²) in [4.78, 5) is 23.8. The van der Waals surface area contributed by atoms with Gasteiger partial charge in [-0.2, -0.15) is 0 Å². The molecule has 1 amide bonds. The Morgan fingerprint density at radius 3 is 2.38 bits per heavy atom. The third kappa shape index (κ3) is 5.42. The van der Waals surface area contributed by atoms with Gasteiger partial charge in [0.05, 0.1) is 17.4 Å². The second-order valence-electron chi connectivity index (χ2n) is 5.23. The van der Waals surface area contributed by atoms with E-state index >= 15 is 0 Å². The summed E-state index contributed by atoms with van der Waals surface area (Å²) >= 11 is 1.59. The summed E-state index contributed by atoms with van der Waals surface area (Å²) in [5, 5.41) is 2.69. The van der Waals surface area contributed by atoms with Crippen LogP contribution in [-0.4, -0.2) is 23.7 Å². The fourth-order valence-electron chi connectivity index (χ4n) is 2.02. The minimum atomic E-state index is -0.359. The van der Waals surface area contributed by atoms with Crippen molar-refractivity contribution in [1.29, 1.82) is 0 Å². The highest BCUT2D eigenvalue weighted by Gasteiger charge is 2.14. The smallest absolute Gasteiger partial charge is 0.338 e. The number of carbonyl (C=O) groups is 2. The van der Waals surface area contributed by atoms with Crippen LogP contribution in [-0.2, 0) is 15.3 Å². The average molecular weight is 343 g/mol. The maximum atomic E-state index is 12.2. The van der Waals surface area contributed by atoms with Crippen LogP contribution in [0.5, 0.6) is 0 Å². The van der Waals surface area contributed by atoms with Crippen LogP contribution in [0.15, 0.2) is 54.6 Å². The van der Waals surface area contributed by atoms with Crippen LogP contribution < -0.4 is 5.32 Å². The molecule has 0 aliphatic carbocycles. The number of amides is 1. The van der Waals surface area contributed by atoms with Crippen molar-refractivity contribution in [3.8, 4) is 0 Å². The number of hydrogen-bond donors (Lipinski definition) is 1. The Kier molecular flexibility index (Phi) is 6.88. The van der Waals surface area contributed by atoms with Gasteiger partial charge in [0.25, 0.3) is 0 Å². The minimum absolute atomic E-state index is 0.0557. The van der Waals surface area contributed by atoms with Gasteiger partial charge in [0, 0.05) is 11.4 Å². The lowest BCUT2D eigenvalue weighted by molar-refractivity contribution is -0.115. The molecule has 2 aromatic carbocycles. The van der Waals surface area contributed by atoms with E-state index < -0.39 is 0 Å². The molecule has 1 N–H and O–H groups in total. The SMILES string of the molecule is CCOC(=O)c1ccc(NC(=O)C(C)SCc2ccccc2)cc1. The van der Waals surface area contributed by atoms with E-state index in [9.17, 15) is 9.59 Å². The highest BCUT2D eigenvalue weighted by molar-refractivity contribution is 7.99. The summed E-state index contributed by atoms with van der Waals surface area (Å²) < 4.78 is 4.93. The summed E-state index contributed by atoms with van der Waals surface area (Å²) in [6, 6.07) is 16.8. The second-order valence-corrected chi connectivity index (χ2v) is 6.56. The summed E-state index contributed by atoms with van der Waals surface area (Å²) in [6.45, 7) is 3.99. The standard InChI is InChI=1S/C19H21NO3S/c1-3-23-19(22)16-9-11-17(12-10-16)20-18(21)14(2)24-13-15-7-5-4-6-8-15/h4-12,14H,3,13H2,1-2H3,(H,20,21). The first-order valence-electron chi connectivity index (χ1n) is 7.83. The van der Waals surface area contributed by atoms with Crippen LogP contribution in [0, 0.1) is 0 Å². The zero-order valence-electron chi connectivity index (χ0n) is 13.8. The lowest BCUT2D eigenvalue weighted by atomic mass is 10.2. The molecule has 24 heavy (non-hydrogen) atoms. The summed E-state index contributed by atoms with van der Waals surface area (Å²) in [5.74, 6) is 0.374. The number of carbonyl (C=O) groups excluding carboxylic acids is 2. The van der Waals surface area contributed by atoms with Crippen molar-refractivity contribution >= 4 is 29.3 Å². The molecule has 0 saturated heterocycles. The number of ether oxygens (including phenoxy) is 1. The monoisotopic (exact) mass is 343 g/mol. The van der Waals surface area contributed by atoms with Crippen LogP contribution in [0.2, 0.25) is 0 Å². The molecule has 0 spiro atoms. The zero-order valence-corrected chi connectivity index (χ0v) is 14.6. The van der Waals surface area contributed by atoms with Gasteiger partial charge in [-0.05, 0) is 43.7 Å². The summed E-state index contributed by atoms with van der Waals surface area (Å²) in [6.07, 6.45) is 0. The van der Waals surface area contributed by atoms with Gasteiger partial charge in [-0.15, -0.1) is 11.8 Å². The maximum Gasteiger partial charge on any atom is 0.338 e. The van der Waals surface area contributed by atoms with Gasteiger partial charge in [-0.25, -0.2) is 4.79 Å². The number of anilines is 1. The molecule has 0 aliphatic heterocycles. The fraction of sp³-hybridized carbons (Fsp3) is 0.263. The van der Waals surface area contributed by atoms with Gasteiger partial charge in [0.2, 0.25) is 5.91 Å². The Bertz CT molecular complexity index is 671. The molecule has 0 fully saturated rings. The molecule has 0 heterocycles. The molecule has 1 atom stereocenters. The van der Waals surface area contributed by atoms with Gasteiger partial charge in [-0.1, -0.05) is 30.3 Å². The molecule has 0 radical (unpaired) electrons. The van der Waals surface area contributed by atoms with E-state index in [4.69, 9.17) is 4.74 Å². The number of benzene rings is 2. The first kappa shape index (κ1) is 18.1. The van der Waals surface area contributed by atoms with Crippen molar-refractivity contribution in [2.24, 2.45) is 0 Å². The number of nitrogens with one attached hydrogen (secondary N) is 1. The zero-order chi connectivity index (χ0) is 17.4. The predicted octanol–water partition coefficient (Wildman–Crippen LogP) is 4.12. The van der Waals surface area contributed by atoms with Gasteiger partial charge in [0.1, 0.15) is 0 Å². The molecule has 0 aromatic heterocycles. The minimum Gasteiger partial charge on any atom is -0.462 e. The lowest BCUT2D eigenvalue weighted by Crippen LogP contribution is -2.22. The molecule has 126 valence electrons. The Labute approximate surface area is 146 Å². The van der Waals surface area contributed by atoms with E-state index in [-0.39, 0.29) is 17.1 Å². The lowest BCUT2D eigenvalue weighted by Gasteiger charge is -2.12. The molecule has 2 rings (SSSR count). The Morgan fingerprint density at radius 1 is 1.08 bits per heavy atom. The molecule has 5 heteroatoms. The second kappa shape index (κ2) is 9.13. The third-order valence-electron chi connectivity index (χ3n) is 3.38. The van der Waals surface area contributed by atoms with E-state index in [2.05, 4.69) is 5.32 Å². The first-order valence-corrected chi connectivity index (χ1v) is 8.88. The normalized spacial score (nSPS) is 11.6. The van der Waals surface area contributed by atoms with E-state index in [1.54, 1.807) is 43.0 Å². The maximum absolute atomic E-state index is 12.2. The van der Waals surface area contributed by atoms with Crippen LogP contribution in [0.3, 0.4) is 0 Å². The van der Waals surface area contributed by atoms with Crippen LogP contribution >= 0.6 is 11.8 Å². The molecule has 0 bridgehead atoms.